The highest BCUT2D eigenvalue weighted by Gasteiger charge is 2.33. The number of aliphatic carboxylic acids is 2. The number of hydrogen-bond donors (Lipinski definition) is 4. The lowest BCUT2D eigenvalue weighted by atomic mass is 9.88. The lowest BCUT2D eigenvalue weighted by Gasteiger charge is -2.13. The molecule has 3 aromatic heterocycles. The van der Waals surface area contributed by atoms with Gasteiger partial charge in [-0.2, -0.15) is 0 Å². The minimum atomic E-state index is -1.16. The van der Waals surface area contributed by atoms with E-state index in [-0.39, 0.29) is 23.1 Å². The minimum Gasteiger partial charge on any atom is -0.481 e. The number of allylic oxidation sites excluding steroid dienone is 2. The Hall–Kier alpha value is -4.72. The van der Waals surface area contributed by atoms with Crippen LogP contribution in [0.4, 0.5) is 0 Å². The lowest BCUT2D eigenvalue weighted by molar-refractivity contribution is -0.136. The van der Waals surface area contributed by atoms with Crippen LogP contribution in [0.1, 0.15) is 83.2 Å². The highest BCUT2D eigenvalue weighted by Crippen LogP contribution is 2.42. The van der Waals surface area contributed by atoms with Crippen LogP contribution in [0.25, 0.3) is 39.3 Å². The number of nitrogens with one attached hydrogen (secondary N) is 2. The number of rotatable bonds is 6. The molecule has 2 unspecified atom stereocenters. The zero-order chi connectivity index (χ0) is 29.7. The Bertz CT molecular complexity index is 1850. The summed E-state index contributed by atoms with van der Waals surface area (Å²) < 4.78 is 0. The molecule has 0 fully saturated rings. The van der Waals surface area contributed by atoms with Crippen LogP contribution < -0.4 is 0 Å². The van der Waals surface area contributed by atoms with E-state index in [4.69, 9.17) is 9.97 Å². The summed E-state index contributed by atoms with van der Waals surface area (Å²) >= 11 is 0. The molecular weight excluding hydrogens is 516 g/mol. The number of aromatic nitrogens is 4. The fraction of sp³-hybridized carbons (Fsp3) is 0.273. The van der Waals surface area contributed by atoms with Crippen molar-refractivity contribution >= 4 is 51.2 Å². The molecule has 4 N–H and O–H groups in total. The summed E-state index contributed by atoms with van der Waals surface area (Å²) in [7, 11) is 0. The molecule has 0 saturated heterocycles. The molecule has 0 saturated carbocycles. The molecule has 0 aliphatic carbocycles. The first-order chi connectivity index (χ1) is 19.5. The maximum absolute atomic E-state index is 12.6. The van der Waals surface area contributed by atoms with Gasteiger partial charge in [-0.25, -0.2) is 9.78 Å². The van der Waals surface area contributed by atoms with E-state index in [1.807, 2.05) is 32.1 Å². The van der Waals surface area contributed by atoms with Gasteiger partial charge in [-0.15, -0.1) is 6.58 Å². The Morgan fingerprint density at radius 1 is 0.951 bits per heavy atom. The molecular formula is C33H34N4O4. The second kappa shape index (κ2) is 10.4. The quantitative estimate of drug-likeness (QED) is 0.248. The van der Waals surface area contributed by atoms with E-state index in [0.29, 0.717) is 28.2 Å². The van der Waals surface area contributed by atoms with Crippen molar-refractivity contribution in [3.8, 4) is 0 Å². The van der Waals surface area contributed by atoms with Gasteiger partial charge in [0.2, 0.25) is 0 Å². The minimum absolute atomic E-state index is 0.00697. The Morgan fingerprint density at radius 3 is 2.24 bits per heavy atom. The molecule has 2 aliphatic heterocycles. The molecule has 8 heteroatoms. The first-order valence-electron chi connectivity index (χ1n) is 13.7. The molecule has 2 atom stereocenters. The number of hydrogen-bond acceptors (Lipinski definition) is 4. The smallest absolute Gasteiger partial charge is 0.338 e. The van der Waals surface area contributed by atoms with E-state index in [1.165, 1.54) is 0 Å². The molecule has 41 heavy (non-hydrogen) atoms. The molecule has 0 radical (unpaired) electrons. The Morgan fingerprint density at radius 2 is 1.63 bits per heavy atom. The van der Waals surface area contributed by atoms with Crippen LogP contribution in [0, 0.1) is 13.8 Å². The summed E-state index contributed by atoms with van der Waals surface area (Å²) in [4.78, 5) is 41.5. The van der Waals surface area contributed by atoms with Crippen molar-refractivity contribution in [3.05, 3.63) is 88.0 Å². The SMILES string of the molecule is C=Cc1c(C)c2cc3nc(c(CC(=O)O)c4nc(cc5[nH]c(cc1[nH]2)c(C)c5CC)C(C)=C4C(=O)O)C(C)C3C=C. The zero-order valence-corrected chi connectivity index (χ0v) is 24.0. The second-order valence-electron chi connectivity index (χ2n) is 10.7. The molecule has 0 aromatic carbocycles. The van der Waals surface area contributed by atoms with Crippen molar-refractivity contribution in [1.29, 1.82) is 0 Å². The third kappa shape index (κ3) is 4.49. The topological polar surface area (TPSA) is 132 Å². The van der Waals surface area contributed by atoms with Crippen LogP contribution in [-0.4, -0.2) is 42.1 Å². The lowest BCUT2D eigenvalue weighted by Crippen LogP contribution is -2.11. The van der Waals surface area contributed by atoms with E-state index in [0.717, 1.165) is 50.7 Å². The van der Waals surface area contributed by atoms with Crippen LogP contribution in [0.15, 0.2) is 37.4 Å². The first-order valence-corrected chi connectivity index (χ1v) is 13.7. The van der Waals surface area contributed by atoms with Gasteiger partial charge in [0, 0.05) is 45.0 Å². The molecule has 3 aromatic rings. The maximum atomic E-state index is 12.6. The number of aryl methyl sites for hydroxylation is 3. The largest absolute Gasteiger partial charge is 0.481 e. The van der Waals surface area contributed by atoms with Gasteiger partial charge in [-0.1, -0.05) is 32.6 Å². The molecule has 0 amide bonds. The van der Waals surface area contributed by atoms with Crippen molar-refractivity contribution in [2.75, 3.05) is 0 Å². The van der Waals surface area contributed by atoms with Crippen molar-refractivity contribution in [3.63, 3.8) is 0 Å². The summed E-state index contributed by atoms with van der Waals surface area (Å²) in [6.45, 7) is 17.9. The van der Waals surface area contributed by atoms with Gasteiger partial charge in [-0.3, -0.25) is 9.78 Å². The average molecular weight is 551 g/mol. The number of carboxylic acids is 2. The summed E-state index contributed by atoms with van der Waals surface area (Å²) in [6.07, 6.45) is 3.98. The van der Waals surface area contributed by atoms with Crippen LogP contribution in [-0.2, 0) is 22.4 Å². The Labute approximate surface area is 238 Å². The van der Waals surface area contributed by atoms with Gasteiger partial charge in [0.1, 0.15) is 0 Å². The number of carbonyl (C=O) groups is 2. The van der Waals surface area contributed by atoms with Gasteiger partial charge >= 0.3 is 11.9 Å². The monoisotopic (exact) mass is 550 g/mol. The van der Waals surface area contributed by atoms with Gasteiger partial charge in [0.25, 0.3) is 0 Å². The van der Waals surface area contributed by atoms with Crippen LogP contribution in [0.5, 0.6) is 0 Å². The predicted octanol–water partition coefficient (Wildman–Crippen LogP) is 6.85. The third-order valence-corrected chi connectivity index (χ3v) is 8.42. The van der Waals surface area contributed by atoms with E-state index >= 15 is 0 Å². The van der Waals surface area contributed by atoms with Crippen LogP contribution in [0.2, 0.25) is 0 Å². The molecule has 210 valence electrons. The number of H-pyrrole nitrogens is 2. The van der Waals surface area contributed by atoms with Gasteiger partial charge < -0.3 is 20.2 Å². The summed E-state index contributed by atoms with van der Waals surface area (Å²) in [5.41, 5.74) is 10.3. The van der Waals surface area contributed by atoms with E-state index in [9.17, 15) is 19.8 Å². The highest BCUT2D eigenvalue weighted by molar-refractivity contribution is 6.24. The molecule has 8 bridgehead atoms. The summed E-state index contributed by atoms with van der Waals surface area (Å²) in [5, 5.41) is 20.2. The standard InChI is InChI=1S/C33H34N4O4/c1-8-19-16(5)24-13-28-21(10-3)17(6)31(37-28)22(11-29(38)39)32-30(33(40)41)18(7)25(36-32)14-27-20(9-2)15(4)23(34-27)12-26(19)35-24/h8,10,12-14,17,21,34-35H,1,3,9,11H2,2,4-7H3,(H,38,39)(H,40,41). The molecule has 5 rings (SSSR count). The normalized spacial score (nSPS) is 16.6. The van der Waals surface area contributed by atoms with E-state index in [2.05, 4.69) is 43.0 Å². The molecule has 0 spiro atoms. The Kier molecular flexibility index (Phi) is 7.03. The van der Waals surface area contributed by atoms with E-state index < -0.39 is 18.4 Å². The average Bonchev–Trinajstić information content (AvgIpc) is 3.59. The Balaban J connectivity index is 2.08. The van der Waals surface area contributed by atoms with Gasteiger partial charge in [-0.05, 0) is 67.7 Å². The third-order valence-electron chi connectivity index (χ3n) is 8.42. The van der Waals surface area contributed by atoms with Crippen molar-refractivity contribution in [1.82, 2.24) is 19.9 Å². The van der Waals surface area contributed by atoms with Crippen LogP contribution in [0.3, 0.4) is 0 Å². The zero-order valence-electron chi connectivity index (χ0n) is 24.0. The molecule has 2 aliphatic rings. The summed E-state index contributed by atoms with van der Waals surface area (Å²) in [5.74, 6) is -2.70. The predicted molar refractivity (Wildman–Crippen MR) is 163 cm³/mol. The van der Waals surface area contributed by atoms with Gasteiger partial charge in [0.15, 0.2) is 0 Å². The second-order valence-corrected chi connectivity index (χ2v) is 10.7. The van der Waals surface area contributed by atoms with Crippen molar-refractivity contribution < 1.29 is 19.8 Å². The number of nitrogens with zero attached hydrogens (tertiary/aromatic N) is 2. The van der Waals surface area contributed by atoms with Crippen LogP contribution >= 0.6 is 0 Å². The fourth-order valence-corrected chi connectivity index (χ4v) is 6.18. The number of carboxylic acid groups (broad SMARTS) is 2. The van der Waals surface area contributed by atoms with Gasteiger partial charge in [0.05, 0.1) is 34.8 Å². The fourth-order valence-electron chi connectivity index (χ4n) is 6.18. The molecule has 5 heterocycles. The summed E-state index contributed by atoms with van der Waals surface area (Å²) in [6, 6.07) is 5.89. The molecule has 8 nitrogen and oxygen atoms in total. The number of fused-ring (bicyclic) bond motifs is 8. The van der Waals surface area contributed by atoms with E-state index in [1.54, 1.807) is 13.0 Å². The first kappa shape index (κ1) is 27.8. The van der Waals surface area contributed by atoms with Crippen molar-refractivity contribution in [2.45, 2.75) is 59.3 Å². The number of aromatic amines is 2. The van der Waals surface area contributed by atoms with Crippen molar-refractivity contribution in [2.24, 2.45) is 0 Å². The maximum Gasteiger partial charge on any atom is 0.338 e. The highest BCUT2D eigenvalue weighted by atomic mass is 16.4.